The standard InChI is InChI=1S/C47H49N3.2C43H41N3/c1-45(2,3)32-11-14-41-38(22-32)39-23-33(46(4,5)6)12-15-42(39)49(41)35-17-18-48-44(25-35)50-40-10-8-7-9-36(40)37-24-34(13-16-43(37)50)47-26-29-19-30(27-47)21-31(20-29)28-47;1-42(2,3)30-13-15-39-36(21-30)34-9-5-6-10-37(34)45(39)32-16-17-44-41(23-32)46-38-11-7-4-8-33(38)35-14-12-31(22-40(35)46)43-24-27-18-28(25-43)20-29(19-27)26-43;1-42(2,3)30-12-14-39-35(21-30)33-8-4-6-10-37(33)45(39)32-16-17-44-41(23-32)46-38-11-7-5-9-34(38)36-22-31(13-15-40(36)46)43-24-27-18-28(25-43)20-29(19-27)26-43/h7-18,22-25,29-31H,19-21,26-28H2,1-6H3;2*4-17,21-23,27-29H,18-20,24-26H2,1-3H3. The molecule has 12 fully saturated rings. The van der Waals surface area contributed by atoms with E-state index in [2.05, 4.69) is 396 Å². The maximum absolute atomic E-state index is 5.07. The Kier molecular flexibility index (Phi) is 19.2. The van der Waals surface area contributed by atoms with E-state index in [-0.39, 0.29) is 21.7 Å². The van der Waals surface area contributed by atoms with Crippen LogP contribution in [0.15, 0.2) is 304 Å². The number of aromatic nitrogens is 9. The van der Waals surface area contributed by atoms with Crippen LogP contribution in [0, 0.1) is 53.3 Å². The molecule has 0 atom stereocenters. The van der Waals surface area contributed by atoms with Gasteiger partial charge in [0.15, 0.2) is 0 Å². The van der Waals surface area contributed by atoms with Crippen molar-refractivity contribution in [1.29, 1.82) is 0 Å². The lowest BCUT2D eigenvalue weighted by Gasteiger charge is -2.57. The van der Waals surface area contributed by atoms with Crippen molar-refractivity contribution < 1.29 is 0 Å². The van der Waals surface area contributed by atoms with Crippen molar-refractivity contribution in [3.8, 4) is 34.5 Å². The number of hydrogen-bond donors (Lipinski definition) is 0. The minimum absolute atomic E-state index is 0.0696. The summed E-state index contributed by atoms with van der Waals surface area (Å²) in [6.45, 7) is 27.6. The van der Waals surface area contributed by atoms with Crippen LogP contribution in [-0.2, 0) is 37.9 Å². The molecule has 9 aromatic heterocycles. The van der Waals surface area contributed by atoms with E-state index < -0.39 is 0 Å². The highest BCUT2D eigenvalue weighted by Gasteiger charge is 2.55. The highest BCUT2D eigenvalue weighted by atomic mass is 15.1. The molecule has 0 saturated heterocycles. The molecule has 0 N–H and O–H groups in total. The van der Waals surface area contributed by atoms with E-state index in [4.69, 9.17) is 15.0 Å². The van der Waals surface area contributed by atoms with Gasteiger partial charge in [-0.25, -0.2) is 15.0 Å². The van der Waals surface area contributed by atoms with Gasteiger partial charge < -0.3 is 13.7 Å². The Morgan fingerprint density at radius 2 is 0.394 bits per heavy atom. The summed E-state index contributed by atoms with van der Waals surface area (Å²) in [5.41, 5.74) is 29.9. The Hall–Kier alpha value is -13.1. The topological polar surface area (TPSA) is 68.2 Å². The number of para-hydroxylation sites is 5. The molecule has 21 aromatic rings. The molecule has 0 aliphatic heterocycles. The average molecular weight is 1860 g/mol. The third-order valence-corrected chi connectivity index (χ3v) is 37.2. The molecule has 12 aromatic carbocycles. The van der Waals surface area contributed by atoms with Gasteiger partial charge in [-0.15, -0.1) is 0 Å². The second-order valence-electron chi connectivity index (χ2n) is 50.4. The predicted molar refractivity (Wildman–Crippen MR) is 593 cm³/mol. The monoisotopic (exact) mass is 1850 g/mol. The molecule has 9 heteroatoms. The van der Waals surface area contributed by atoms with Gasteiger partial charge in [0.25, 0.3) is 0 Å². The van der Waals surface area contributed by atoms with Gasteiger partial charge >= 0.3 is 0 Å². The molecule has 0 radical (unpaired) electrons. The second kappa shape index (κ2) is 31.4. The largest absolute Gasteiger partial charge is 0.309 e. The van der Waals surface area contributed by atoms with Crippen molar-refractivity contribution in [2.45, 2.75) is 237 Å². The zero-order valence-corrected chi connectivity index (χ0v) is 84.8. The Morgan fingerprint density at radius 3 is 0.676 bits per heavy atom. The quantitative estimate of drug-likeness (QED) is 0.145. The van der Waals surface area contributed by atoms with Crippen LogP contribution in [0.1, 0.15) is 238 Å². The van der Waals surface area contributed by atoms with Gasteiger partial charge in [0.2, 0.25) is 0 Å². The first-order chi connectivity index (χ1) is 68.6. The number of fused-ring (bicyclic) bond motifs is 18. The van der Waals surface area contributed by atoms with E-state index in [1.54, 1.807) is 16.7 Å². The molecule has 33 rings (SSSR count). The molecular weight excluding hydrogens is 1720 g/mol. The first kappa shape index (κ1) is 86.7. The fraction of sp³-hybridized carbons (Fsp3) is 0.346. The molecule has 12 saturated carbocycles. The molecule has 0 unspecified atom stereocenters. The molecule has 0 amide bonds. The van der Waals surface area contributed by atoms with E-state index in [1.807, 2.05) is 18.6 Å². The van der Waals surface area contributed by atoms with Gasteiger partial charge in [0.05, 0.1) is 83.3 Å². The maximum atomic E-state index is 5.07. The Morgan fingerprint density at radius 1 is 0.190 bits per heavy atom. The van der Waals surface area contributed by atoms with Crippen LogP contribution in [0.4, 0.5) is 0 Å². The molecule has 12 bridgehead atoms. The average Bonchev–Trinajstić information content (AvgIpc) is 0.988. The number of benzene rings is 12. The molecule has 9 nitrogen and oxygen atoms in total. The normalized spacial score (nSPS) is 24.0. The van der Waals surface area contributed by atoms with Crippen LogP contribution in [0.25, 0.3) is 165 Å². The van der Waals surface area contributed by atoms with Crippen molar-refractivity contribution in [2.75, 3.05) is 0 Å². The number of pyridine rings is 3. The molecule has 9 heterocycles. The smallest absolute Gasteiger partial charge is 0.139 e. The number of nitrogens with zero attached hydrogens (tertiary/aromatic N) is 9. The van der Waals surface area contributed by atoms with Gasteiger partial charge in [-0.1, -0.05) is 223 Å². The maximum Gasteiger partial charge on any atom is 0.139 e. The highest BCUT2D eigenvalue weighted by molar-refractivity contribution is 6.15. The van der Waals surface area contributed by atoms with Crippen molar-refractivity contribution >= 4 is 131 Å². The fourth-order valence-electron chi connectivity index (χ4n) is 31.7. The minimum Gasteiger partial charge on any atom is -0.309 e. The number of rotatable bonds is 9. The van der Waals surface area contributed by atoms with Crippen LogP contribution in [0.3, 0.4) is 0 Å². The summed E-state index contributed by atoms with van der Waals surface area (Å²) in [6.07, 6.45) is 31.7. The van der Waals surface area contributed by atoms with E-state index in [0.29, 0.717) is 16.2 Å². The molecule has 12 aliphatic carbocycles. The minimum atomic E-state index is 0.0696. The van der Waals surface area contributed by atoms with E-state index in [9.17, 15) is 0 Å². The summed E-state index contributed by atoms with van der Waals surface area (Å²) in [6, 6.07) is 108. The Bertz CT molecular complexity index is 8600. The molecule has 12 aliphatic rings. The fourth-order valence-corrected chi connectivity index (χ4v) is 31.7. The third kappa shape index (κ3) is 13.8. The first-order valence-electron chi connectivity index (χ1n) is 53.8. The van der Waals surface area contributed by atoms with Crippen LogP contribution >= 0.6 is 0 Å². The van der Waals surface area contributed by atoms with Crippen LogP contribution in [0.2, 0.25) is 0 Å². The second-order valence-corrected chi connectivity index (χ2v) is 50.4. The lowest BCUT2D eigenvalue weighted by molar-refractivity contribution is -0.00525. The lowest BCUT2D eigenvalue weighted by atomic mass is 9.48. The summed E-state index contributed by atoms with van der Waals surface area (Å²) in [4.78, 5) is 15.2. The summed E-state index contributed by atoms with van der Waals surface area (Å²) in [5.74, 6) is 11.3. The van der Waals surface area contributed by atoms with Gasteiger partial charge in [0, 0.05) is 101 Å². The molecule has 708 valence electrons. The van der Waals surface area contributed by atoms with Gasteiger partial charge in [-0.05, 0) is 373 Å². The molecular formula is C133H131N9. The zero-order valence-electron chi connectivity index (χ0n) is 84.8. The van der Waals surface area contributed by atoms with Crippen molar-refractivity contribution in [2.24, 2.45) is 53.3 Å². The van der Waals surface area contributed by atoms with Gasteiger partial charge in [0.1, 0.15) is 17.5 Å². The van der Waals surface area contributed by atoms with Gasteiger partial charge in [-0.2, -0.15) is 0 Å². The summed E-state index contributed by atoms with van der Waals surface area (Å²) in [5, 5.41) is 15.8. The first-order valence-corrected chi connectivity index (χ1v) is 53.8. The summed E-state index contributed by atoms with van der Waals surface area (Å²) >= 11 is 0. The van der Waals surface area contributed by atoms with Crippen molar-refractivity contribution in [3.05, 3.63) is 343 Å². The predicted octanol–water partition coefficient (Wildman–Crippen LogP) is 34.4. The third-order valence-electron chi connectivity index (χ3n) is 37.2. The van der Waals surface area contributed by atoms with Crippen LogP contribution in [0.5, 0.6) is 0 Å². The van der Waals surface area contributed by atoms with E-state index in [1.165, 1.54) is 269 Å². The van der Waals surface area contributed by atoms with Gasteiger partial charge in [-0.3, -0.25) is 13.7 Å². The van der Waals surface area contributed by atoms with Crippen LogP contribution < -0.4 is 0 Å². The molecule has 0 spiro atoms. The summed E-state index contributed by atoms with van der Waals surface area (Å²) < 4.78 is 14.5. The van der Waals surface area contributed by atoms with E-state index >= 15 is 0 Å². The van der Waals surface area contributed by atoms with E-state index in [0.717, 1.165) is 87.8 Å². The Labute approximate surface area is 834 Å². The Balaban J connectivity index is 0.000000104. The lowest BCUT2D eigenvalue weighted by Crippen LogP contribution is -2.48. The zero-order chi connectivity index (χ0) is 95.7. The molecule has 142 heavy (non-hydrogen) atoms. The highest BCUT2D eigenvalue weighted by Crippen LogP contribution is 2.65. The SMILES string of the molecule is CC(C)(C)c1ccc2c(c1)c1cc(C(C)(C)C)ccc1n2-c1ccnc(-n2c3ccccc3c3cc(C45CC6CC(CC(C6)C4)C5)ccc32)c1.CC(C)(C)c1ccc2c(c1)c1ccccc1n2-c1ccnc(-n2c3ccccc3c3cc(C45CC6CC(CC(C6)C4)C5)ccc32)c1.CC(C)(C)c1ccc2c(c1)c1ccccc1n2-c1ccnc(-n2c3ccccc3c3ccc(C45CC6CC(CC(C6)C4)C5)cc32)c1. The van der Waals surface area contributed by atoms with Crippen molar-refractivity contribution in [1.82, 2.24) is 42.4 Å². The van der Waals surface area contributed by atoms with Crippen molar-refractivity contribution in [3.63, 3.8) is 0 Å². The van der Waals surface area contributed by atoms with Crippen LogP contribution in [-0.4, -0.2) is 42.4 Å². The summed E-state index contributed by atoms with van der Waals surface area (Å²) in [7, 11) is 0. The number of hydrogen-bond acceptors (Lipinski definition) is 3.